The van der Waals surface area contributed by atoms with Crippen LogP contribution in [0.5, 0.6) is 5.75 Å². The Morgan fingerprint density at radius 3 is 2.62 bits per heavy atom. The van der Waals surface area contributed by atoms with Gasteiger partial charge in [-0.2, -0.15) is 0 Å². The summed E-state index contributed by atoms with van der Waals surface area (Å²) in [4.78, 5) is 12.2. The highest BCUT2D eigenvalue weighted by Crippen LogP contribution is 2.25. The Morgan fingerprint density at radius 1 is 1.12 bits per heavy atom. The second-order valence-electron chi connectivity index (χ2n) is 7.70. The summed E-state index contributed by atoms with van der Waals surface area (Å²) in [6.07, 6.45) is 11.4. The lowest BCUT2D eigenvalue weighted by Gasteiger charge is -2.26. The Kier molecular flexibility index (Phi) is 6.17. The van der Waals surface area contributed by atoms with Crippen molar-refractivity contribution in [3.8, 4) is 5.75 Å². The highest BCUT2D eigenvalue weighted by atomic mass is 16.5. The maximum atomic E-state index is 12.2. The van der Waals surface area contributed by atoms with E-state index in [0.29, 0.717) is 18.6 Å². The highest BCUT2D eigenvalue weighted by Gasteiger charge is 2.19. The molecule has 1 amide bonds. The van der Waals surface area contributed by atoms with Gasteiger partial charge in [0, 0.05) is 12.5 Å². The van der Waals surface area contributed by atoms with E-state index in [0.717, 1.165) is 30.9 Å². The number of hydrogen-bond donors (Lipinski definition) is 1. The molecule has 0 radical (unpaired) electrons. The van der Waals surface area contributed by atoms with Gasteiger partial charge in [-0.3, -0.25) is 4.79 Å². The zero-order chi connectivity index (χ0) is 16.8. The zero-order valence-corrected chi connectivity index (χ0v) is 14.9. The lowest BCUT2D eigenvalue weighted by Crippen LogP contribution is -2.37. The lowest BCUT2D eigenvalue weighted by atomic mass is 9.87. The molecule has 0 spiro atoms. The summed E-state index contributed by atoms with van der Waals surface area (Å²) >= 11 is 0. The molecule has 0 aromatic heterocycles. The average molecular weight is 329 g/mol. The van der Waals surface area contributed by atoms with Gasteiger partial charge in [0.2, 0.25) is 5.91 Å². The quantitative estimate of drug-likeness (QED) is 0.826. The van der Waals surface area contributed by atoms with Crippen LogP contribution < -0.4 is 10.1 Å². The molecule has 0 unspecified atom stereocenters. The molecule has 2 fully saturated rings. The summed E-state index contributed by atoms with van der Waals surface area (Å²) in [7, 11) is 0. The average Bonchev–Trinajstić information content (AvgIpc) is 3.08. The molecule has 0 aliphatic heterocycles. The third-order valence-electron chi connectivity index (χ3n) is 5.53. The third-order valence-corrected chi connectivity index (χ3v) is 5.53. The number of ether oxygens (including phenoxy) is 1. The summed E-state index contributed by atoms with van der Waals surface area (Å²) in [5.41, 5.74) is 1.19. The van der Waals surface area contributed by atoms with Gasteiger partial charge in [0.25, 0.3) is 0 Å². The van der Waals surface area contributed by atoms with E-state index >= 15 is 0 Å². The Hall–Kier alpha value is -1.51. The Bertz CT molecular complexity index is 528. The monoisotopic (exact) mass is 329 g/mol. The number of carbonyl (C=O) groups excluding carboxylic acids is 1. The second kappa shape index (κ2) is 8.55. The van der Waals surface area contributed by atoms with E-state index in [1.54, 1.807) is 0 Å². The molecular formula is C21H31NO2. The van der Waals surface area contributed by atoms with Crippen LogP contribution in [-0.4, -0.2) is 18.1 Å². The molecule has 0 heterocycles. The minimum Gasteiger partial charge on any atom is -0.490 e. The van der Waals surface area contributed by atoms with Crippen molar-refractivity contribution < 1.29 is 9.53 Å². The van der Waals surface area contributed by atoms with Crippen molar-refractivity contribution in [2.24, 2.45) is 5.92 Å². The van der Waals surface area contributed by atoms with E-state index in [-0.39, 0.29) is 5.91 Å². The Labute approximate surface area is 146 Å². The topological polar surface area (TPSA) is 38.3 Å². The first-order valence-electron chi connectivity index (χ1n) is 9.74. The normalized spacial score (nSPS) is 24.7. The zero-order valence-electron chi connectivity index (χ0n) is 14.9. The molecule has 3 rings (SSSR count). The molecule has 1 aromatic rings. The lowest BCUT2D eigenvalue weighted by molar-refractivity contribution is -0.122. The van der Waals surface area contributed by atoms with Crippen LogP contribution >= 0.6 is 0 Å². The van der Waals surface area contributed by atoms with Crippen LogP contribution in [0.15, 0.2) is 24.3 Å². The molecule has 0 bridgehead atoms. The fourth-order valence-electron chi connectivity index (χ4n) is 3.94. The molecule has 132 valence electrons. The van der Waals surface area contributed by atoms with Crippen LogP contribution in [0, 0.1) is 5.92 Å². The van der Waals surface area contributed by atoms with E-state index in [4.69, 9.17) is 4.74 Å². The highest BCUT2D eigenvalue weighted by molar-refractivity contribution is 5.76. The number of nitrogens with one attached hydrogen (secondary N) is 1. The maximum Gasteiger partial charge on any atom is 0.220 e. The van der Waals surface area contributed by atoms with Crippen molar-refractivity contribution in [1.29, 1.82) is 0 Å². The molecule has 3 heteroatoms. The fourth-order valence-corrected chi connectivity index (χ4v) is 3.94. The Balaban J connectivity index is 1.43. The summed E-state index contributed by atoms with van der Waals surface area (Å²) in [5, 5.41) is 3.21. The summed E-state index contributed by atoms with van der Waals surface area (Å²) in [5.74, 6) is 1.97. The van der Waals surface area contributed by atoms with Gasteiger partial charge >= 0.3 is 0 Å². The van der Waals surface area contributed by atoms with Gasteiger partial charge in [-0.1, -0.05) is 19.1 Å². The van der Waals surface area contributed by atoms with Crippen LogP contribution in [-0.2, 0) is 11.2 Å². The van der Waals surface area contributed by atoms with Gasteiger partial charge in [-0.15, -0.1) is 0 Å². The molecular weight excluding hydrogens is 298 g/mol. The SMILES string of the molecule is CC1CCC(NC(=O)CCc2cccc(OC3CCCC3)c2)CC1. The molecule has 2 saturated carbocycles. The summed E-state index contributed by atoms with van der Waals surface area (Å²) in [6, 6.07) is 8.67. The van der Waals surface area contributed by atoms with Gasteiger partial charge in [0.1, 0.15) is 5.75 Å². The van der Waals surface area contributed by atoms with E-state index in [2.05, 4.69) is 24.4 Å². The number of rotatable bonds is 6. The first-order valence-corrected chi connectivity index (χ1v) is 9.74. The van der Waals surface area contributed by atoms with Gasteiger partial charge in [0.15, 0.2) is 0 Å². The van der Waals surface area contributed by atoms with E-state index in [1.165, 1.54) is 44.1 Å². The predicted molar refractivity (Wildman–Crippen MR) is 97.2 cm³/mol. The third kappa shape index (κ3) is 5.25. The van der Waals surface area contributed by atoms with Gasteiger partial charge in [-0.25, -0.2) is 0 Å². The van der Waals surface area contributed by atoms with Gasteiger partial charge in [0.05, 0.1) is 6.10 Å². The Morgan fingerprint density at radius 2 is 1.88 bits per heavy atom. The minimum atomic E-state index is 0.191. The molecule has 24 heavy (non-hydrogen) atoms. The molecule has 0 atom stereocenters. The first-order chi connectivity index (χ1) is 11.7. The molecule has 2 aliphatic rings. The number of carbonyl (C=O) groups is 1. The minimum absolute atomic E-state index is 0.191. The smallest absolute Gasteiger partial charge is 0.220 e. The second-order valence-corrected chi connectivity index (χ2v) is 7.70. The number of amides is 1. The number of hydrogen-bond acceptors (Lipinski definition) is 2. The van der Waals surface area contributed by atoms with Gasteiger partial charge in [-0.05, 0) is 81.4 Å². The van der Waals surface area contributed by atoms with Crippen molar-refractivity contribution in [3.05, 3.63) is 29.8 Å². The standard InChI is InChI=1S/C21H31NO2/c1-16-9-12-18(13-10-16)22-21(23)14-11-17-5-4-8-20(15-17)24-19-6-2-3-7-19/h4-5,8,15-16,18-19H,2-3,6-7,9-14H2,1H3,(H,22,23). The molecule has 3 nitrogen and oxygen atoms in total. The van der Waals surface area contributed by atoms with Crippen LogP contribution in [0.25, 0.3) is 0 Å². The summed E-state index contributed by atoms with van der Waals surface area (Å²) in [6.45, 7) is 2.30. The molecule has 1 N–H and O–H groups in total. The van der Waals surface area contributed by atoms with Crippen molar-refractivity contribution in [2.75, 3.05) is 0 Å². The number of aryl methyl sites for hydroxylation is 1. The van der Waals surface area contributed by atoms with E-state index < -0.39 is 0 Å². The van der Waals surface area contributed by atoms with E-state index in [1.807, 2.05) is 12.1 Å². The maximum absolute atomic E-state index is 12.2. The molecule has 2 aliphatic carbocycles. The van der Waals surface area contributed by atoms with Crippen LogP contribution in [0.1, 0.15) is 70.3 Å². The predicted octanol–water partition coefficient (Wildman–Crippen LogP) is 4.64. The van der Waals surface area contributed by atoms with Gasteiger partial charge < -0.3 is 10.1 Å². The van der Waals surface area contributed by atoms with Crippen molar-refractivity contribution in [2.45, 2.75) is 83.3 Å². The molecule has 1 aromatic carbocycles. The summed E-state index contributed by atoms with van der Waals surface area (Å²) < 4.78 is 6.05. The van der Waals surface area contributed by atoms with Crippen LogP contribution in [0.3, 0.4) is 0 Å². The fraction of sp³-hybridized carbons (Fsp3) is 0.667. The molecule has 0 saturated heterocycles. The van der Waals surface area contributed by atoms with Crippen LogP contribution in [0.2, 0.25) is 0 Å². The largest absolute Gasteiger partial charge is 0.490 e. The first kappa shape index (κ1) is 17.3. The number of benzene rings is 1. The van der Waals surface area contributed by atoms with Crippen LogP contribution in [0.4, 0.5) is 0 Å². The van der Waals surface area contributed by atoms with Crippen molar-refractivity contribution in [3.63, 3.8) is 0 Å². The van der Waals surface area contributed by atoms with E-state index in [9.17, 15) is 4.79 Å². The van der Waals surface area contributed by atoms with Crippen molar-refractivity contribution >= 4 is 5.91 Å². The van der Waals surface area contributed by atoms with Crippen molar-refractivity contribution in [1.82, 2.24) is 5.32 Å².